The highest BCUT2D eigenvalue weighted by molar-refractivity contribution is 6.03. The maximum atomic E-state index is 11.7. The molecule has 9 heteroatoms. The van der Waals surface area contributed by atoms with Gasteiger partial charge in [0.2, 0.25) is 0 Å². The number of rotatable bonds is 8. The number of aliphatic hydroxyl groups is 1. The lowest BCUT2D eigenvalue weighted by Gasteiger charge is -2.27. The number of carboxylic acids is 1. The molecule has 1 saturated heterocycles. The first-order chi connectivity index (χ1) is 13.0. The van der Waals surface area contributed by atoms with Crippen molar-refractivity contribution in [2.24, 2.45) is 5.16 Å². The summed E-state index contributed by atoms with van der Waals surface area (Å²) in [4.78, 5) is 33.4. The quantitative estimate of drug-likeness (QED) is 0.224. The number of carbonyl (C=O) groups excluding carboxylic acids is 1. The van der Waals surface area contributed by atoms with E-state index in [9.17, 15) is 14.7 Å². The Labute approximate surface area is 156 Å². The van der Waals surface area contributed by atoms with Crippen LogP contribution in [0.3, 0.4) is 0 Å². The lowest BCUT2D eigenvalue weighted by Crippen LogP contribution is -2.38. The van der Waals surface area contributed by atoms with Gasteiger partial charge in [-0.25, -0.2) is 9.59 Å². The average Bonchev–Trinajstić information content (AvgIpc) is 2.67. The predicted octanol–water partition coefficient (Wildman–Crippen LogP) is 0.791. The molecule has 0 saturated carbocycles. The van der Waals surface area contributed by atoms with E-state index < -0.39 is 18.0 Å². The highest BCUT2D eigenvalue weighted by Gasteiger charge is 2.16. The Hall–Kier alpha value is -2.78. The SMILES string of the molecule is O=C(O)/C=C\C(=O)OC(=NOCC(O)CN1CCCCC1)c1cccnc1. The van der Waals surface area contributed by atoms with Gasteiger partial charge in [0.15, 0.2) is 0 Å². The molecule has 1 fully saturated rings. The van der Waals surface area contributed by atoms with Crippen molar-refractivity contribution in [3.8, 4) is 0 Å². The number of aromatic nitrogens is 1. The number of hydrogen-bond donors (Lipinski definition) is 2. The number of likely N-dealkylation sites (tertiary alicyclic amines) is 1. The van der Waals surface area contributed by atoms with E-state index in [-0.39, 0.29) is 12.5 Å². The van der Waals surface area contributed by atoms with E-state index in [4.69, 9.17) is 14.7 Å². The zero-order valence-corrected chi connectivity index (χ0v) is 14.9. The van der Waals surface area contributed by atoms with E-state index in [0.717, 1.165) is 32.0 Å². The smallest absolute Gasteiger partial charge is 0.337 e. The van der Waals surface area contributed by atoms with E-state index >= 15 is 0 Å². The molecule has 1 aliphatic rings. The number of oxime groups is 1. The molecule has 0 amide bonds. The fourth-order valence-corrected chi connectivity index (χ4v) is 2.56. The molecule has 0 spiro atoms. The maximum Gasteiger partial charge on any atom is 0.337 e. The Kier molecular flexibility index (Phi) is 8.40. The van der Waals surface area contributed by atoms with E-state index in [1.807, 2.05) is 0 Å². The lowest BCUT2D eigenvalue weighted by molar-refractivity contribution is -0.133. The zero-order chi connectivity index (χ0) is 19.5. The molecule has 1 aliphatic heterocycles. The molecule has 27 heavy (non-hydrogen) atoms. The van der Waals surface area contributed by atoms with E-state index in [1.54, 1.807) is 12.1 Å². The molecule has 2 N–H and O–H groups in total. The van der Waals surface area contributed by atoms with Crippen LogP contribution in [-0.2, 0) is 19.2 Å². The molecule has 146 valence electrons. The third-order valence-corrected chi connectivity index (χ3v) is 3.80. The predicted molar refractivity (Wildman–Crippen MR) is 95.9 cm³/mol. The van der Waals surface area contributed by atoms with Crippen molar-refractivity contribution in [3.63, 3.8) is 0 Å². The van der Waals surface area contributed by atoms with Crippen LogP contribution in [0.5, 0.6) is 0 Å². The van der Waals surface area contributed by atoms with Gasteiger partial charge in [-0.3, -0.25) is 4.98 Å². The Morgan fingerprint density at radius 1 is 1.30 bits per heavy atom. The number of β-amino-alcohol motifs (C(OH)–C–C–N with tert-alkyl or cyclic N) is 1. The topological polar surface area (TPSA) is 122 Å². The average molecular weight is 377 g/mol. The molecule has 0 bridgehead atoms. The summed E-state index contributed by atoms with van der Waals surface area (Å²) in [7, 11) is 0. The van der Waals surface area contributed by atoms with Gasteiger partial charge in [-0.2, -0.15) is 0 Å². The molecule has 2 rings (SSSR count). The fraction of sp³-hybridized carbons (Fsp3) is 0.444. The highest BCUT2D eigenvalue weighted by Crippen LogP contribution is 2.09. The van der Waals surface area contributed by atoms with Gasteiger partial charge in [-0.05, 0) is 43.2 Å². The lowest BCUT2D eigenvalue weighted by atomic mass is 10.1. The molecule has 0 radical (unpaired) electrons. The summed E-state index contributed by atoms with van der Waals surface area (Å²) in [6.45, 7) is 2.32. The largest absolute Gasteiger partial charge is 0.478 e. The summed E-state index contributed by atoms with van der Waals surface area (Å²) in [6.07, 6.45) is 7.10. The van der Waals surface area contributed by atoms with Gasteiger partial charge in [0.1, 0.15) is 12.7 Å². The number of ether oxygens (including phenoxy) is 1. The first-order valence-corrected chi connectivity index (χ1v) is 8.68. The van der Waals surface area contributed by atoms with Crippen LogP contribution in [-0.4, -0.2) is 70.3 Å². The van der Waals surface area contributed by atoms with E-state index in [0.29, 0.717) is 18.2 Å². The second-order valence-electron chi connectivity index (χ2n) is 6.04. The number of carbonyl (C=O) groups is 2. The second kappa shape index (κ2) is 11.0. The standard InChI is InChI=1S/C18H23N3O6/c22-15(12-21-9-2-1-3-10-21)13-26-20-18(14-5-4-8-19-11-14)27-17(25)7-6-16(23)24/h4-8,11,15,22H,1-3,9-10,12-13H2,(H,23,24)/b7-6-,20-18?. The number of aliphatic carboxylic acids is 1. The number of piperidine rings is 1. The normalized spacial score (nSPS) is 16.9. The minimum absolute atomic E-state index is 0.0667. The number of pyridine rings is 1. The first-order valence-electron chi connectivity index (χ1n) is 8.68. The first kappa shape index (κ1) is 20.5. The van der Waals surface area contributed by atoms with Crippen molar-refractivity contribution in [1.82, 2.24) is 9.88 Å². The molecule has 1 aromatic heterocycles. The van der Waals surface area contributed by atoms with Crippen LogP contribution in [0, 0.1) is 0 Å². The summed E-state index contributed by atoms with van der Waals surface area (Å²) in [5, 5.41) is 22.4. The van der Waals surface area contributed by atoms with Crippen molar-refractivity contribution in [2.45, 2.75) is 25.4 Å². The highest BCUT2D eigenvalue weighted by atomic mass is 16.7. The molecular formula is C18H23N3O6. The van der Waals surface area contributed by atoms with Crippen LogP contribution in [0.4, 0.5) is 0 Å². The third kappa shape index (κ3) is 7.97. The number of carboxylic acid groups (broad SMARTS) is 1. The molecule has 0 aromatic carbocycles. The molecule has 1 aromatic rings. The maximum absolute atomic E-state index is 11.7. The summed E-state index contributed by atoms with van der Waals surface area (Å²) >= 11 is 0. The van der Waals surface area contributed by atoms with Crippen LogP contribution in [0.2, 0.25) is 0 Å². The van der Waals surface area contributed by atoms with Crippen molar-refractivity contribution in [3.05, 3.63) is 42.2 Å². The minimum Gasteiger partial charge on any atom is -0.478 e. The van der Waals surface area contributed by atoms with Crippen molar-refractivity contribution in [2.75, 3.05) is 26.2 Å². The minimum atomic E-state index is -1.27. The second-order valence-corrected chi connectivity index (χ2v) is 6.04. The number of esters is 1. The number of hydrogen-bond acceptors (Lipinski definition) is 8. The summed E-state index contributed by atoms with van der Waals surface area (Å²) in [5.41, 5.74) is 0.375. The van der Waals surface area contributed by atoms with Crippen LogP contribution >= 0.6 is 0 Å². The molecule has 1 unspecified atom stereocenters. The molecule has 0 aliphatic carbocycles. The Morgan fingerprint density at radius 2 is 2.07 bits per heavy atom. The van der Waals surface area contributed by atoms with E-state index in [1.165, 1.54) is 18.8 Å². The molecule has 9 nitrogen and oxygen atoms in total. The van der Waals surface area contributed by atoms with Crippen LogP contribution in [0.15, 0.2) is 41.8 Å². The molecular weight excluding hydrogens is 354 g/mol. The molecule has 1 atom stereocenters. The Balaban J connectivity index is 1.93. The summed E-state index contributed by atoms with van der Waals surface area (Å²) < 4.78 is 5.02. The van der Waals surface area contributed by atoms with Gasteiger partial charge in [0, 0.05) is 31.1 Å². The van der Waals surface area contributed by atoms with E-state index in [2.05, 4.69) is 15.0 Å². The third-order valence-electron chi connectivity index (χ3n) is 3.80. The summed E-state index contributed by atoms with van der Waals surface area (Å²) in [5.74, 6) is -2.37. The Bertz CT molecular complexity index is 671. The van der Waals surface area contributed by atoms with Gasteiger partial charge in [0.25, 0.3) is 5.90 Å². The van der Waals surface area contributed by atoms with Crippen LogP contribution < -0.4 is 0 Å². The summed E-state index contributed by atoms with van der Waals surface area (Å²) in [6, 6.07) is 3.23. The van der Waals surface area contributed by atoms with Crippen molar-refractivity contribution in [1.29, 1.82) is 0 Å². The fourth-order valence-electron chi connectivity index (χ4n) is 2.56. The Morgan fingerprint density at radius 3 is 2.74 bits per heavy atom. The van der Waals surface area contributed by atoms with Crippen molar-refractivity contribution >= 4 is 17.8 Å². The van der Waals surface area contributed by atoms with Gasteiger partial charge >= 0.3 is 11.9 Å². The van der Waals surface area contributed by atoms with Gasteiger partial charge < -0.3 is 24.7 Å². The number of nitrogens with zero attached hydrogens (tertiary/aromatic N) is 3. The van der Waals surface area contributed by atoms with Gasteiger partial charge in [-0.15, -0.1) is 0 Å². The number of aliphatic hydroxyl groups excluding tert-OH is 1. The zero-order valence-electron chi connectivity index (χ0n) is 14.9. The molecule has 2 heterocycles. The van der Waals surface area contributed by atoms with Crippen LogP contribution in [0.25, 0.3) is 0 Å². The van der Waals surface area contributed by atoms with Gasteiger partial charge in [0.05, 0.1) is 5.56 Å². The monoisotopic (exact) mass is 377 g/mol. The van der Waals surface area contributed by atoms with Gasteiger partial charge in [-0.1, -0.05) is 6.42 Å². The van der Waals surface area contributed by atoms with Crippen LogP contribution in [0.1, 0.15) is 24.8 Å². The van der Waals surface area contributed by atoms with Crippen molar-refractivity contribution < 1.29 is 29.4 Å².